The van der Waals surface area contributed by atoms with Crippen LogP contribution in [0.4, 0.5) is 5.69 Å². The van der Waals surface area contributed by atoms with Crippen molar-refractivity contribution in [3.05, 3.63) is 23.8 Å². The highest BCUT2D eigenvalue weighted by Crippen LogP contribution is 2.24. The molecule has 1 aromatic rings. The Kier molecular flexibility index (Phi) is 3.62. The van der Waals surface area contributed by atoms with Crippen LogP contribution in [0.15, 0.2) is 18.2 Å². The predicted octanol–water partition coefficient (Wildman–Crippen LogP) is 1.64. The lowest BCUT2D eigenvalue weighted by molar-refractivity contribution is 0.0457. The molecule has 3 N–H and O–H groups in total. The summed E-state index contributed by atoms with van der Waals surface area (Å²) in [5.41, 5.74) is 7.43. The predicted molar refractivity (Wildman–Crippen MR) is 77.0 cm³/mol. The standard InChI is InChI=1S/C15H23N3O/c16-14-9-12(4-5-15(14)19)10-17-7-8-18-6-2-1-3-13(18)11-17/h4-5,9,13,19H,1-3,6-8,10-11,16H2. The lowest BCUT2D eigenvalue weighted by atomic mass is 9.99. The van der Waals surface area contributed by atoms with Crippen molar-refractivity contribution < 1.29 is 5.11 Å². The zero-order valence-corrected chi connectivity index (χ0v) is 11.4. The maximum atomic E-state index is 9.46. The number of benzene rings is 1. The molecule has 2 aliphatic rings. The highest BCUT2D eigenvalue weighted by atomic mass is 16.3. The average Bonchev–Trinajstić information content (AvgIpc) is 2.43. The van der Waals surface area contributed by atoms with Gasteiger partial charge in [0, 0.05) is 32.2 Å². The fraction of sp³-hybridized carbons (Fsp3) is 0.600. The molecule has 0 aromatic heterocycles. The van der Waals surface area contributed by atoms with E-state index in [4.69, 9.17) is 5.73 Å². The molecule has 2 fully saturated rings. The monoisotopic (exact) mass is 261 g/mol. The van der Waals surface area contributed by atoms with Crippen LogP contribution in [-0.4, -0.2) is 47.1 Å². The van der Waals surface area contributed by atoms with Gasteiger partial charge in [-0.15, -0.1) is 0 Å². The van der Waals surface area contributed by atoms with Gasteiger partial charge in [-0.2, -0.15) is 0 Å². The zero-order valence-electron chi connectivity index (χ0n) is 11.4. The van der Waals surface area contributed by atoms with Crippen LogP contribution in [0, 0.1) is 0 Å². The second-order valence-corrected chi connectivity index (χ2v) is 5.81. The molecule has 0 radical (unpaired) electrons. The van der Waals surface area contributed by atoms with E-state index in [1.54, 1.807) is 6.07 Å². The third kappa shape index (κ3) is 2.85. The first-order chi connectivity index (χ1) is 9.22. The Morgan fingerprint density at radius 1 is 1.21 bits per heavy atom. The van der Waals surface area contributed by atoms with Crippen LogP contribution in [0.5, 0.6) is 5.75 Å². The van der Waals surface area contributed by atoms with E-state index >= 15 is 0 Å². The van der Waals surface area contributed by atoms with Gasteiger partial charge in [-0.1, -0.05) is 12.5 Å². The number of nitrogens with zero attached hydrogens (tertiary/aromatic N) is 2. The minimum Gasteiger partial charge on any atom is -0.506 e. The van der Waals surface area contributed by atoms with Gasteiger partial charge in [0.2, 0.25) is 0 Å². The van der Waals surface area contributed by atoms with Crippen molar-refractivity contribution in [2.75, 3.05) is 31.9 Å². The van der Waals surface area contributed by atoms with E-state index < -0.39 is 0 Å². The Bertz CT molecular complexity index is 449. The molecule has 104 valence electrons. The van der Waals surface area contributed by atoms with E-state index in [1.807, 2.05) is 12.1 Å². The number of phenols is 1. The number of anilines is 1. The average molecular weight is 261 g/mol. The van der Waals surface area contributed by atoms with Crippen molar-refractivity contribution in [2.24, 2.45) is 0 Å². The van der Waals surface area contributed by atoms with Gasteiger partial charge in [0.15, 0.2) is 0 Å². The number of phenolic OH excluding ortho intramolecular Hbond substituents is 1. The molecule has 2 aliphatic heterocycles. The van der Waals surface area contributed by atoms with Crippen LogP contribution in [0.1, 0.15) is 24.8 Å². The van der Waals surface area contributed by atoms with E-state index in [0.717, 1.165) is 19.1 Å². The van der Waals surface area contributed by atoms with Gasteiger partial charge in [0.25, 0.3) is 0 Å². The van der Waals surface area contributed by atoms with Crippen molar-refractivity contribution in [2.45, 2.75) is 31.8 Å². The Labute approximate surface area is 114 Å². The SMILES string of the molecule is Nc1cc(CN2CCN3CCCCC3C2)ccc1O. The highest BCUT2D eigenvalue weighted by molar-refractivity contribution is 5.53. The quantitative estimate of drug-likeness (QED) is 0.628. The van der Waals surface area contributed by atoms with E-state index in [2.05, 4.69) is 9.80 Å². The Morgan fingerprint density at radius 2 is 2.11 bits per heavy atom. The molecule has 4 heteroatoms. The molecule has 1 atom stereocenters. The number of hydrogen-bond donors (Lipinski definition) is 2. The molecule has 0 saturated carbocycles. The third-order valence-electron chi connectivity index (χ3n) is 4.42. The number of nitrogen functional groups attached to an aromatic ring is 1. The topological polar surface area (TPSA) is 52.7 Å². The molecule has 4 nitrogen and oxygen atoms in total. The second-order valence-electron chi connectivity index (χ2n) is 5.81. The van der Waals surface area contributed by atoms with Crippen LogP contribution < -0.4 is 5.73 Å². The summed E-state index contributed by atoms with van der Waals surface area (Å²) in [6, 6.07) is 6.31. The first-order valence-corrected chi connectivity index (χ1v) is 7.26. The summed E-state index contributed by atoms with van der Waals surface area (Å²) in [6.45, 7) is 5.72. The summed E-state index contributed by atoms with van der Waals surface area (Å²) in [5.74, 6) is 0.181. The van der Waals surface area contributed by atoms with Gasteiger partial charge < -0.3 is 10.8 Å². The molecule has 19 heavy (non-hydrogen) atoms. The minimum absolute atomic E-state index is 0.181. The van der Waals surface area contributed by atoms with Crippen LogP contribution in [0.3, 0.4) is 0 Å². The summed E-state index contributed by atoms with van der Waals surface area (Å²) in [6.07, 6.45) is 4.08. The molecule has 1 aromatic carbocycles. The fourth-order valence-corrected chi connectivity index (χ4v) is 3.32. The molecule has 0 aliphatic carbocycles. The van der Waals surface area contributed by atoms with Gasteiger partial charge in [0.05, 0.1) is 5.69 Å². The summed E-state index contributed by atoms with van der Waals surface area (Å²) in [7, 11) is 0. The number of fused-ring (bicyclic) bond motifs is 1. The van der Waals surface area contributed by atoms with Crippen LogP contribution in [0.2, 0.25) is 0 Å². The summed E-state index contributed by atoms with van der Waals surface area (Å²) >= 11 is 0. The largest absolute Gasteiger partial charge is 0.506 e. The molecule has 3 rings (SSSR count). The van der Waals surface area contributed by atoms with Gasteiger partial charge in [-0.25, -0.2) is 0 Å². The van der Waals surface area contributed by atoms with Crippen molar-refractivity contribution in [3.8, 4) is 5.75 Å². The maximum Gasteiger partial charge on any atom is 0.138 e. The van der Waals surface area contributed by atoms with Gasteiger partial charge in [-0.3, -0.25) is 9.80 Å². The fourth-order valence-electron chi connectivity index (χ4n) is 3.32. The molecule has 0 spiro atoms. The summed E-state index contributed by atoms with van der Waals surface area (Å²) in [4.78, 5) is 5.16. The van der Waals surface area contributed by atoms with Crippen molar-refractivity contribution in [3.63, 3.8) is 0 Å². The third-order valence-corrected chi connectivity index (χ3v) is 4.42. The van der Waals surface area contributed by atoms with Crippen molar-refractivity contribution in [1.29, 1.82) is 0 Å². The normalized spacial score (nSPS) is 25.2. The first-order valence-electron chi connectivity index (χ1n) is 7.26. The van der Waals surface area contributed by atoms with E-state index in [-0.39, 0.29) is 5.75 Å². The summed E-state index contributed by atoms with van der Waals surface area (Å²) < 4.78 is 0. The number of nitrogens with two attached hydrogens (primary N) is 1. The Morgan fingerprint density at radius 3 is 2.95 bits per heavy atom. The van der Waals surface area contributed by atoms with Crippen molar-refractivity contribution in [1.82, 2.24) is 9.80 Å². The molecule has 2 heterocycles. The number of rotatable bonds is 2. The smallest absolute Gasteiger partial charge is 0.138 e. The van der Waals surface area contributed by atoms with Gasteiger partial charge in [-0.05, 0) is 37.1 Å². The number of piperidine rings is 1. The van der Waals surface area contributed by atoms with E-state index in [0.29, 0.717) is 5.69 Å². The minimum atomic E-state index is 0.181. The van der Waals surface area contributed by atoms with Crippen LogP contribution >= 0.6 is 0 Å². The number of hydrogen-bond acceptors (Lipinski definition) is 4. The molecule has 2 saturated heterocycles. The molecule has 1 unspecified atom stereocenters. The zero-order chi connectivity index (χ0) is 13.2. The lowest BCUT2D eigenvalue weighted by Gasteiger charge is -2.44. The molecular formula is C15H23N3O. The molecular weight excluding hydrogens is 238 g/mol. The van der Waals surface area contributed by atoms with E-state index in [1.165, 1.54) is 44.5 Å². The first kappa shape index (κ1) is 12.8. The Hall–Kier alpha value is -1.26. The Balaban J connectivity index is 1.62. The van der Waals surface area contributed by atoms with Crippen LogP contribution in [0.25, 0.3) is 0 Å². The lowest BCUT2D eigenvalue weighted by Crippen LogP contribution is -2.54. The van der Waals surface area contributed by atoms with Crippen molar-refractivity contribution >= 4 is 5.69 Å². The maximum absolute atomic E-state index is 9.46. The van der Waals surface area contributed by atoms with Gasteiger partial charge >= 0.3 is 0 Å². The van der Waals surface area contributed by atoms with Crippen LogP contribution in [-0.2, 0) is 6.54 Å². The number of piperazine rings is 1. The highest BCUT2D eigenvalue weighted by Gasteiger charge is 2.28. The molecule has 0 amide bonds. The second kappa shape index (κ2) is 5.39. The van der Waals surface area contributed by atoms with E-state index in [9.17, 15) is 5.11 Å². The van der Waals surface area contributed by atoms with Gasteiger partial charge in [0.1, 0.15) is 5.75 Å². The summed E-state index contributed by atoms with van der Waals surface area (Å²) in [5, 5.41) is 9.46. The molecule has 0 bridgehead atoms. The number of aromatic hydroxyl groups is 1.